The zero-order valence-electron chi connectivity index (χ0n) is 15.3. The van der Waals surface area contributed by atoms with Crippen LogP contribution in [-0.4, -0.2) is 23.3 Å². The summed E-state index contributed by atoms with van der Waals surface area (Å²) in [5, 5.41) is 5.59. The van der Waals surface area contributed by atoms with Crippen LogP contribution in [0.4, 0.5) is 0 Å². The van der Waals surface area contributed by atoms with E-state index in [9.17, 15) is 9.59 Å². The average molecular weight is 343 g/mol. The number of hydrogen-bond acceptors (Lipinski definition) is 4. The van der Waals surface area contributed by atoms with Crippen molar-refractivity contribution in [3.63, 3.8) is 0 Å². The standard InChI is InChI=1S/C19H25N3O3/c1-11(2)17(18-12(3)7-6-8-20-18)22-16(23)10-21-19(24)15-9-13(4)25-14(15)5/h6-9,11,17H,10H2,1-5H3,(H,21,24)(H,22,23)/t17-/m0/s1. The van der Waals surface area contributed by atoms with E-state index in [0.717, 1.165) is 11.3 Å². The van der Waals surface area contributed by atoms with Crippen molar-refractivity contribution >= 4 is 11.8 Å². The van der Waals surface area contributed by atoms with Crippen LogP contribution in [0.1, 0.15) is 53.0 Å². The van der Waals surface area contributed by atoms with Gasteiger partial charge in [-0.2, -0.15) is 0 Å². The molecule has 2 heterocycles. The van der Waals surface area contributed by atoms with Crippen LogP contribution >= 0.6 is 0 Å². The Kier molecular flexibility index (Phi) is 5.96. The molecule has 2 aromatic heterocycles. The summed E-state index contributed by atoms with van der Waals surface area (Å²) in [7, 11) is 0. The summed E-state index contributed by atoms with van der Waals surface area (Å²) in [6.07, 6.45) is 1.72. The lowest BCUT2D eigenvalue weighted by atomic mass is 9.97. The van der Waals surface area contributed by atoms with Crippen LogP contribution in [0.15, 0.2) is 28.8 Å². The highest BCUT2D eigenvalue weighted by molar-refractivity contribution is 5.97. The van der Waals surface area contributed by atoms with Gasteiger partial charge in [-0.1, -0.05) is 19.9 Å². The third-order valence-electron chi connectivity index (χ3n) is 4.02. The van der Waals surface area contributed by atoms with Crippen LogP contribution in [0.3, 0.4) is 0 Å². The number of aromatic nitrogens is 1. The number of pyridine rings is 1. The van der Waals surface area contributed by atoms with Crippen LogP contribution < -0.4 is 10.6 Å². The number of nitrogens with one attached hydrogen (secondary N) is 2. The minimum atomic E-state index is -0.320. The maximum atomic E-state index is 12.3. The van der Waals surface area contributed by atoms with Crippen molar-refractivity contribution in [1.82, 2.24) is 15.6 Å². The Morgan fingerprint density at radius 3 is 2.52 bits per heavy atom. The number of carbonyl (C=O) groups is 2. The van der Waals surface area contributed by atoms with Crippen molar-refractivity contribution in [2.75, 3.05) is 6.54 Å². The Morgan fingerprint density at radius 2 is 1.96 bits per heavy atom. The number of amides is 2. The molecule has 0 bridgehead atoms. The molecule has 0 unspecified atom stereocenters. The zero-order chi connectivity index (χ0) is 18.6. The van der Waals surface area contributed by atoms with E-state index >= 15 is 0 Å². The lowest BCUT2D eigenvalue weighted by Gasteiger charge is -2.23. The number of nitrogens with zero attached hydrogens (tertiary/aromatic N) is 1. The molecule has 6 nitrogen and oxygen atoms in total. The highest BCUT2D eigenvalue weighted by Crippen LogP contribution is 2.22. The van der Waals surface area contributed by atoms with Crippen molar-refractivity contribution in [2.24, 2.45) is 5.92 Å². The number of aryl methyl sites for hydroxylation is 3. The van der Waals surface area contributed by atoms with Crippen LogP contribution in [0.5, 0.6) is 0 Å². The molecule has 0 aromatic carbocycles. The molecule has 0 radical (unpaired) electrons. The Bertz CT molecular complexity index is 765. The van der Waals surface area contributed by atoms with Crippen LogP contribution in [0.25, 0.3) is 0 Å². The molecule has 134 valence electrons. The van der Waals surface area contributed by atoms with E-state index in [0.29, 0.717) is 17.1 Å². The third kappa shape index (κ3) is 4.68. The first-order valence-corrected chi connectivity index (χ1v) is 8.35. The molecule has 2 amide bonds. The fourth-order valence-corrected chi connectivity index (χ4v) is 2.71. The van der Waals surface area contributed by atoms with E-state index in [1.54, 1.807) is 26.1 Å². The smallest absolute Gasteiger partial charge is 0.255 e. The Hall–Kier alpha value is -2.63. The monoisotopic (exact) mass is 343 g/mol. The molecule has 0 saturated heterocycles. The number of carbonyl (C=O) groups excluding carboxylic acids is 2. The quantitative estimate of drug-likeness (QED) is 0.845. The van der Waals surface area contributed by atoms with Gasteiger partial charge in [0.2, 0.25) is 5.91 Å². The van der Waals surface area contributed by atoms with Gasteiger partial charge < -0.3 is 15.1 Å². The molecule has 0 aliphatic carbocycles. The van der Waals surface area contributed by atoms with Gasteiger partial charge in [0, 0.05) is 6.20 Å². The number of furan rings is 1. The molecule has 2 rings (SSSR count). The SMILES string of the molecule is Cc1cc(C(=O)NCC(=O)N[C@H](c2ncccc2C)C(C)C)c(C)o1. The average Bonchev–Trinajstić information content (AvgIpc) is 2.89. The normalized spacial score (nSPS) is 12.1. The van der Waals surface area contributed by atoms with E-state index < -0.39 is 0 Å². The minimum Gasteiger partial charge on any atom is -0.466 e. The van der Waals surface area contributed by atoms with Gasteiger partial charge in [-0.25, -0.2) is 0 Å². The lowest BCUT2D eigenvalue weighted by Crippen LogP contribution is -2.40. The van der Waals surface area contributed by atoms with Gasteiger partial charge in [0.1, 0.15) is 11.5 Å². The molecular weight excluding hydrogens is 318 g/mol. The highest BCUT2D eigenvalue weighted by atomic mass is 16.3. The predicted molar refractivity (Wildman–Crippen MR) is 95.2 cm³/mol. The second-order valence-corrected chi connectivity index (χ2v) is 6.50. The van der Waals surface area contributed by atoms with Crippen molar-refractivity contribution in [3.05, 3.63) is 52.7 Å². The molecule has 0 fully saturated rings. The first kappa shape index (κ1) is 18.7. The molecule has 0 aliphatic heterocycles. The Balaban J connectivity index is 1.99. The van der Waals surface area contributed by atoms with E-state index in [2.05, 4.69) is 15.6 Å². The zero-order valence-corrected chi connectivity index (χ0v) is 15.3. The van der Waals surface area contributed by atoms with E-state index in [1.165, 1.54) is 0 Å². The molecule has 0 aliphatic rings. The maximum absolute atomic E-state index is 12.3. The predicted octanol–water partition coefficient (Wildman–Crippen LogP) is 2.84. The van der Waals surface area contributed by atoms with Crippen LogP contribution in [-0.2, 0) is 4.79 Å². The number of rotatable bonds is 6. The van der Waals surface area contributed by atoms with Crippen molar-refractivity contribution in [3.8, 4) is 0 Å². The molecule has 6 heteroatoms. The van der Waals surface area contributed by atoms with E-state index in [1.807, 2.05) is 32.9 Å². The molecule has 2 aromatic rings. The van der Waals surface area contributed by atoms with Gasteiger partial charge in [-0.3, -0.25) is 14.6 Å². The first-order valence-electron chi connectivity index (χ1n) is 8.35. The van der Waals surface area contributed by atoms with Gasteiger partial charge in [-0.15, -0.1) is 0 Å². The topological polar surface area (TPSA) is 84.2 Å². The number of hydrogen-bond donors (Lipinski definition) is 2. The largest absolute Gasteiger partial charge is 0.466 e. The van der Waals surface area contributed by atoms with Crippen molar-refractivity contribution < 1.29 is 14.0 Å². The fourth-order valence-electron chi connectivity index (χ4n) is 2.71. The molecule has 0 spiro atoms. The highest BCUT2D eigenvalue weighted by Gasteiger charge is 2.22. The summed E-state index contributed by atoms with van der Waals surface area (Å²) in [5.41, 5.74) is 2.32. The molecule has 1 atom stereocenters. The second-order valence-electron chi connectivity index (χ2n) is 6.50. The lowest BCUT2D eigenvalue weighted by molar-refractivity contribution is -0.121. The van der Waals surface area contributed by atoms with Gasteiger partial charge in [-0.05, 0) is 44.4 Å². The van der Waals surface area contributed by atoms with Gasteiger partial charge in [0.05, 0.1) is 23.8 Å². The summed E-state index contributed by atoms with van der Waals surface area (Å²) in [6.45, 7) is 9.41. The van der Waals surface area contributed by atoms with E-state index in [4.69, 9.17) is 4.42 Å². The first-order chi connectivity index (χ1) is 11.8. The van der Waals surface area contributed by atoms with Crippen molar-refractivity contribution in [2.45, 2.75) is 40.7 Å². The maximum Gasteiger partial charge on any atom is 0.255 e. The fraction of sp³-hybridized carbons (Fsp3) is 0.421. The Labute approximate surface area is 148 Å². The second kappa shape index (κ2) is 7.96. The van der Waals surface area contributed by atoms with Crippen LogP contribution in [0.2, 0.25) is 0 Å². The Morgan fingerprint density at radius 1 is 1.24 bits per heavy atom. The van der Waals surface area contributed by atoms with Gasteiger partial charge in [0.25, 0.3) is 5.91 Å². The van der Waals surface area contributed by atoms with E-state index in [-0.39, 0.29) is 30.3 Å². The van der Waals surface area contributed by atoms with Crippen LogP contribution in [0, 0.1) is 26.7 Å². The minimum absolute atomic E-state index is 0.0996. The third-order valence-corrected chi connectivity index (χ3v) is 4.02. The summed E-state index contributed by atoms with van der Waals surface area (Å²) < 4.78 is 5.34. The summed E-state index contributed by atoms with van der Waals surface area (Å²) >= 11 is 0. The van der Waals surface area contributed by atoms with Gasteiger partial charge in [0.15, 0.2) is 0 Å². The summed E-state index contributed by atoms with van der Waals surface area (Å²) in [6, 6.07) is 5.29. The molecule has 25 heavy (non-hydrogen) atoms. The molecule has 0 saturated carbocycles. The summed E-state index contributed by atoms with van der Waals surface area (Å²) in [4.78, 5) is 28.9. The van der Waals surface area contributed by atoms with Gasteiger partial charge >= 0.3 is 0 Å². The molecule has 2 N–H and O–H groups in total. The molecular formula is C19H25N3O3. The van der Waals surface area contributed by atoms with Crippen molar-refractivity contribution in [1.29, 1.82) is 0 Å². The summed E-state index contributed by atoms with van der Waals surface area (Å²) in [5.74, 6) is 0.804.